The van der Waals surface area contributed by atoms with Gasteiger partial charge in [0.1, 0.15) is 0 Å². The second-order valence-corrected chi connectivity index (χ2v) is 6.25. The van der Waals surface area contributed by atoms with Gasteiger partial charge in [0.15, 0.2) is 0 Å². The maximum atomic E-state index is 11.8. The second kappa shape index (κ2) is 7.16. The van der Waals surface area contributed by atoms with Crippen LogP contribution in [0.15, 0.2) is 0 Å². The Labute approximate surface area is 104 Å². The normalized spacial score (nSPS) is 12.3. The predicted octanol–water partition coefficient (Wildman–Crippen LogP) is 0.475. The van der Waals surface area contributed by atoms with Crippen LogP contribution in [0.4, 0.5) is 0 Å². The van der Waals surface area contributed by atoms with Gasteiger partial charge in [-0.3, -0.25) is 0 Å². The van der Waals surface area contributed by atoms with Gasteiger partial charge < -0.3 is 5.73 Å². The summed E-state index contributed by atoms with van der Waals surface area (Å²) in [7, 11) is -3.40. The fraction of sp³-hybridized carbons (Fsp3) is 0.889. The average Bonchev–Trinajstić information content (AvgIpc) is 2.11. The fourth-order valence-electron chi connectivity index (χ4n) is 1.23. The monoisotopic (exact) mass is 267 g/mol. The van der Waals surface area contributed by atoms with Crippen LogP contribution in [-0.2, 0) is 10.2 Å². The summed E-state index contributed by atoms with van der Waals surface area (Å²) in [5, 5.41) is 0. The topological polar surface area (TPSA) is 75.4 Å². The van der Waals surface area contributed by atoms with Gasteiger partial charge in [0.05, 0.1) is 4.99 Å². The standard InChI is InChI=1S/C9H21N3O2S2/c1-4-11-16(13,14)12(7-8(2)3)6-5-9(10)15/h8,11H,4-7H2,1-3H3,(H2,10,15). The molecule has 0 aliphatic carbocycles. The summed E-state index contributed by atoms with van der Waals surface area (Å²) in [4.78, 5) is 0.334. The van der Waals surface area contributed by atoms with Crippen LogP contribution in [0.1, 0.15) is 27.2 Å². The van der Waals surface area contributed by atoms with Gasteiger partial charge in [-0.25, -0.2) is 4.72 Å². The lowest BCUT2D eigenvalue weighted by Crippen LogP contribution is -2.43. The Morgan fingerprint density at radius 1 is 1.50 bits per heavy atom. The third kappa shape index (κ3) is 6.37. The van der Waals surface area contributed by atoms with E-state index >= 15 is 0 Å². The van der Waals surface area contributed by atoms with Gasteiger partial charge in [-0.1, -0.05) is 33.0 Å². The van der Waals surface area contributed by atoms with Crippen molar-refractivity contribution in [3.63, 3.8) is 0 Å². The van der Waals surface area contributed by atoms with E-state index < -0.39 is 10.2 Å². The van der Waals surface area contributed by atoms with Crippen molar-refractivity contribution in [2.45, 2.75) is 27.2 Å². The Morgan fingerprint density at radius 2 is 2.06 bits per heavy atom. The SMILES string of the molecule is CCNS(=O)(=O)N(CCC(N)=S)CC(C)C. The van der Waals surface area contributed by atoms with Crippen molar-refractivity contribution >= 4 is 27.4 Å². The van der Waals surface area contributed by atoms with Gasteiger partial charge in [-0.15, -0.1) is 0 Å². The Balaban J connectivity index is 4.59. The highest BCUT2D eigenvalue weighted by Crippen LogP contribution is 2.05. The first-order valence-electron chi connectivity index (χ1n) is 5.32. The van der Waals surface area contributed by atoms with Crippen molar-refractivity contribution in [2.75, 3.05) is 19.6 Å². The highest BCUT2D eigenvalue weighted by molar-refractivity contribution is 7.87. The van der Waals surface area contributed by atoms with E-state index in [9.17, 15) is 8.42 Å². The molecule has 0 amide bonds. The molecular formula is C9H21N3O2S2. The summed E-state index contributed by atoms with van der Waals surface area (Å²) in [5.74, 6) is 0.264. The molecule has 0 unspecified atom stereocenters. The van der Waals surface area contributed by atoms with Gasteiger partial charge in [0.2, 0.25) is 0 Å². The van der Waals surface area contributed by atoms with E-state index in [0.717, 1.165) is 0 Å². The summed E-state index contributed by atoms with van der Waals surface area (Å²) in [5.41, 5.74) is 5.38. The molecule has 3 N–H and O–H groups in total. The van der Waals surface area contributed by atoms with Crippen LogP contribution >= 0.6 is 12.2 Å². The van der Waals surface area contributed by atoms with E-state index in [1.807, 2.05) is 13.8 Å². The van der Waals surface area contributed by atoms with Gasteiger partial charge in [0, 0.05) is 26.1 Å². The summed E-state index contributed by atoms with van der Waals surface area (Å²) < 4.78 is 27.5. The molecule has 0 aromatic carbocycles. The van der Waals surface area contributed by atoms with Gasteiger partial charge in [-0.2, -0.15) is 12.7 Å². The predicted molar refractivity (Wildman–Crippen MR) is 70.4 cm³/mol. The summed E-state index contributed by atoms with van der Waals surface area (Å²) in [6.07, 6.45) is 0.409. The fourth-order valence-corrected chi connectivity index (χ4v) is 2.69. The Kier molecular flexibility index (Phi) is 7.05. The van der Waals surface area contributed by atoms with Crippen LogP contribution in [0.3, 0.4) is 0 Å². The Hall–Kier alpha value is -0.240. The number of nitrogens with one attached hydrogen (secondary N) is 1. The highest BCUT2D eigenvalue weighted by atomic mass is 32.2. The molecule has 0 rings (SSSR count). The first-order chi connectivity index (χ1) is 7.29. The first-order valence-corrected chi connectivity index (χ1v) is 7.17. The smallest absolute Gasteiger partial charge is 0.279 e. The van der Waals surface area contributed by atoms with E-state index in [2.05, 4.69) is 4.72 Å². The van der Waals surface area contributed by atoms with Crippen molar-refractivity contribution in [2.24, 2.45) is 11.7 Å². The maximum absolute atomic E-state index is 11.8. The zero-order valence-corrected chi connectivity index (χ0v) is 11.7. The van der Waals surface area contributed by atoms with E-state index in [0.29, 0.717) is 31.0 Å². The summed E-state index contributed by atoms with van der Waals surface area (Å²) in [6.45, 7) is 6.87. The van der Waals surface area contributed by atoms with Gasteiger partial charge in [0.25, 0.3) is 10.2 Å². The molecule has 0 aliphatic heterocycles. The molecule has 96 valence electrons. The minimum atomic E-state index is -3.40. The van der Waals surface area contributed by atoms with Crippen molar-refractivity contribution < 1.29 is 8.42 Å². The zero-order valence-electron chi connectivity index (χ0n) is 10.1. The first kappa shape index (κ1) is 15.8. The number of nitrogens with zero attached hydrogens (tertiary/aromatic N) is 1. The molecule has 0 radical (unpaired) electrons. The number of nitrogens with two attached hydrogens (primary N) is 1. The molecule has 7 heteroatoms. The van der Waals surface area contributed by atoms with Crippen LogP contribution in [0.5, 0.6) is 0 Å². The lowest BCUT2D eigenvalue weighted by molar-refractivity contribution is 0.369. The highest BCUT2D eigenvalue weighted by Gasteiger charge is 2.21. The molecule has 0 bridgehead atoms. The molecule has 0 aromatic heterocycles. The lowest BCUT2D eigenvalue weighted by Gasteiger charge is -2.23. The average molecular weight is 267 g/mol. The van der Waals surface area contributed by atoms with Gasteiger partial charge >= 0.3 is 0 Å². The van der Waals surface area contributed by atoms with Crippen LogP contribution in [0.2, 0.25) is 0 Å². The molecule has 0 saturated carbocycles. The third-order valence-electron chi connectivity index (χ3n) is 1.84. The van der Waals surface area contributed by atoms with E-state index in [1.165, 1.54) is 4.31 Å². The van der Waals surface area contributed by atoms with E-state index in [1.54, 1.807) is 6.92 Å². The second-order valence-electron chi connectivity index (χ2n) is 3.97. The molecule has 0 aliphatic rings. The molecule has 0 fully saturated rings. The van der Waals surface area contributed by atoms with Crippen LogP contribution < -0.4 is 10.5 Å². The molecular weight excluding hydrogens is 246 g/mol. The number of hydrogen-bond acceptors (Lipinski definition) is 3. The van der Waals surface area contributed by atoms with Gasteiger partial charge in [-0.05, 0) is 5.92 Å². The third-order valence-corrected chi connectivity index (χ3v) is 3.71. The van der Waals surface area contributed by atoms with Crippen LogP contribution in [-0.4, -0.2) is 37.3 Å². The van der Waals surface area contributed by atoms with E-state index in [-0.39, 0.29) is 5.92 Å². The van der Waals surface area contributed by atoms with Crippen molar-refractivity contribution in [1.29, 1.82) is 0 Å². The molecule has 0 heterocycles. The number of thiocarbonyl (C=S) groups is 1. The Bertz CT molecular complexity index is 315. The largest absolute Gasteiger partial charge is 0.393 e. The minimum Gasteiger partial charge on any atom is -0.393 e. The zero-order chi connectivity index (χ0) is 12.8. The van der Waals surface area contributed by atoms with Crippen molar-refractivity contribution in [1.82, 2.24) is 9.03 Å². The molecule has 0 aromatic rings. The molecule has 0 spiro atoms. The summed E-state index contributed by atoms with van der Waals surface area (Å²) in [6, 6.07) is 0. The van der Waals surface area contributed by atoms with Crippen molar-refractivity contribution in [3.05, 3.63) is 0 Å². The minimum absolute atomic E-state index is 0.264. The lowest BCUT2D eigenvalue weighted by atomic mass is 10.2. The van der Waals surface area contributed by atoms with Crippen LogP contribution in [0.25, 0.3) is 0 Å². The van der Waals surface area contributed by atoms with Crippen LogP contribution in [0, 0.1) is 5.92 Å². The van der Waals surface area contributed by atoms with E-state index in [4.69, 9.17) is 18.0 Å². The quantitative estimate of drug-likeness (QED) is 0.627. The van der Waals surface area contributed by atoms with Crippen molar-refractivity contribution in [3.8, 4) is 0 Å². The molecule has 5 nitrogen and oxygen atoms in total. The number of rotatable bonds is 8. The molecule has 0 atom stereocenters. The maximum Gasteiger partial charge on any atom is 0.279 e. The number of hydrogen-bond donors (Lipinski definition) is 2. The summed E-state index contributed by atoms with van der Waals surface area (Å²) >= 11 is 4.75. The molecule has 16 heavy (non-hydrogen) atoms. The molecule has 0 saturated heterocycles. The Morgan fingerprint density at radius 3 is 2.44 bits per heavy atom.